The summed E-state index contributed by atoms with van der Waals surface area (Å²) in [6.07, 6.45) is 0. The molecule has 3 rings (SSSR count). The van der Waals surface area contributed by atoms with Gasteiger partial charge in [-0.1, -0.05) is 17.7 Å². The highest BCUT2D eigenvalue weighted by molar-refractivity contribution is 7.92. The zero-order chi connectivity index (χ0) is 17.9. The van der Waals surface area contributed by atoms with Gasteiger partial charge in [-0.2, -0.15) is 0 Å². The predicted octanol–water partition coefficient (Wildman–Crippen LogP) is 5.02. The van der Waals surface area contributed by atoms with E-state index in [9.17, 15) is 12.8 Å². The third kappa shape index (κ3) is 4.49. The van der Waals surface area contributed by atoms with Crippen LogP contribution in [-0.4, -0.2) is 8.42 Å². The summed E-state index contributed by atoms with van der Waals surface area (Å²) < 4.78 is 39.9. The molecule has 0 aliphatic rings. The summed E-state index contributed by atoms with van der Waals surface area (Å²) in [6.45, 7) is 0. The Kier molecular flexibility index (Phi) is 4.92. The van der Waals surface area contributed by atoms with Crippen molar-refractivity contribution in [2.75, 3.05) is 10.0 Å². The molecule has 0 aliphatic carbocycles. The van der Waals surface area contributed by atoms with Gasteiger partial charge < -0.3 is 5.32 Å². The van der Waals surface area contributed by atoms with E-state index in [-0.39, 0.29) is 4.90 Å². The van der Waals surface area contributed by atoms with Crippen LogP contribution in [0.5, 0.6) is 0 Å². The van der Waals surface area contributed by atoms with Crippen molar-refractivity contribution in [2.45, 2.75) is 4.90 Å². The molecule has 7 heteroatoms. The van der Waals surface area contributed by atoms with Crippen molar-refractivity contribution in [3.8, 4) is 0 Å². The Balaban J connectivity index is 1.73. The van der Waals surface area contributed by atoms with Gasteiger partial charge in [0.05, 0.1) is 4.90 Å². The largest absolute Gasteiger partial charge is 0.355 e. The monoisotopic (exact) mass is 376 g/mol. The van der Waals surface area contributed by atoms with Crippen molar-refractivity contribution < 1.29 is 12.8 Å². The number of anilines is 3. The second kappa shape index (κ2) is 7.13. The van der Waals surface area contributed by atoms with Gasteiger partial charge in [-0.15, -0.1) is 0 Å². The van der Waals surface area contributed by atoms with Gasteiger partial charge in [-0.05, 0) is 66.7 Å². The molecule has 2 N–H and O–H groups in total. The van der Waals surface area contributed by atoms with Gasteiger partial charge in [-0.3, -0.25) is 4.72 Å². The number of hydrogen-bond acceptors (Lipinski definition) is 3. The zero-order valence-electron chi connectivity index (χ0n) is 12.9. The fourth-order valence-electron chi connectivity index (χ4n) is 2.18. The second-order valence-electron chi connectivity index (χ2n) is 5.27. The van der Waals surface area contributed by atoms with Crippen LogP contribution in [0.4, 0.5) is 21.5 Å². The first-order chi connectivity index (χ1) is 11.9. The van der Waals surface area contributed by atoms with E-state index >= 15 is 0 Å². The SMILES string of the molecule is O=S(=O)(Nc1ccc(Nc2cccc(Cl)c2)cc1)c1ccc(F)cc1. The highest BCUT2D eigenvalue weighted by Crippen LogP contribution is 2.23. The highest BCUT2D eigenvalue weighted by atomic mass is 35.5. The maximum absolute atomic E-state index is 12.9. The molecular weight excluding hydrogens is 363 g/mol. The van der Waals surface area contributed by atoms with E-state index in [1.807, 2.05) is 12.1 Å². The topological polar surface area (TPSA) is 58.2 Å². The van der Waals surface area contributed by atoms with Crippen LogP contribution in [0, 0.1) is 5.82 Å². The maximum Gasteiger partial charge on any atom is 0.261 e. The van der Waals surface area contributed by atoms with E-state index in [1.54, 1.807) is 36.4 Å². The molecule has 0 bridgehead atoms. The molecule has 0 saturated heterocycles. The molecule has 0 heterocycles. The molecule has 4 nitrogen and oxygen atoms in total. The number of sulfonamides is 1. The van der Waals surface area contributed by atoms with Crippen molar-refractivity contribution in [2.24, 2.45) is 0 Å². The molecule has 3 aromatic rings. The van der Waals surface area contributed by atoms with Crippen LogP contribution in [0.2, 0.25) is 5.02 Å². The lowest BCUT2D eigenvalue weighted by Crippen LogP contribution is -2.12. The number of halogens is 2. The average molecular weight is 377 g/mol. The summed E-state index contributed by atoms with van der Waals surface area (Å²) in [7, 11) is -3.76. The Hall–Kier alpha value is -2.57. The molecule has 0 radical (unpaired) electrons. The number of rotatable bonds is 5. The molecule has 0 amide bonds. The molecule has 25 heavy (non-hydrogen) atoms. The first-order valence-corrected chi connectivity index (χ1v) is 9.19. The van der Waals surface area contributed by atoms with Crippen molar-refractivity contribution in [3.63, 3.8) is 0 Å². The minimum Gasteiger partial charge on any atom is -0.355 e. The van der Waals surface area contributed by atoms with Crippen LogP contribution in [0.3, 0.4) is 0 Å². The van der Waals surface area contributed by atoms with Crippen LogP contribution in [-0.2, 0) is 10.0 Å². The third-order valence-corrected chi connectivity index (χ3v) is 5.01. The van der Waals surface area contributed by atoms with Crippen LogP contribution in [0.15, 0.2) is 77.7 Å². The van der Waals surface area contributed by atoms with E-state index in [0.717, 1.165) is 23.5 Å². The van der Waals surface area contributed by atoms with Gasteiger partial charge in [-0.25, -0.2) is 12.8 Å². The van der Waals surface area contributed by atoms with E-state index in [1.165, 1.54) is 12.1 Å². The maximum atomic E-state index is 12.9. The molecule has 0 spiro atoms. The standard InChI is InChI=1S/C18H14ClFN2O2S/c19-13-2-1-3-17(12-13)21-15-6-8-16(9-7-15)22-25(23,24)18-10-4-14(20)5-11-18/h1-12,21-22H. The molecular formula is C18H14ClFN2O2S. The first kappa shape index (κ1) is 17.3. The van der Waals surface area contributed by atoms with Crippen LogP contribution >= 0.6 is 11.6 Å². The lowest BCUT2D eigenvalue weighted by atomic mass is 10.2. The second-order valence-corrected chi connectivity index (χ2v) is 7.39. The summed E-state index contributed by atoms with van der Waals surface area (Å²) in [4.78, 5) is -0.00460. The highest BCUT2D eigenvalue weighted by Gasteiger charge is 2.14. The van der Waals surface area contributed by atoms with Crippen molar-refractivity contribution in [1.82, 2.24) is 0 Å². The average Bonchev–Trinajstić information content (AvgIpc) is 2.57. The third-order valence-electron chi connectivity index (χ3n) is 3.37. The minimum atomic E-state index is -3.76. The van der Waals surface area contributed by atoms with Gasteiger partial charge in [0, 0.05) is 22.1 Å². The smallest absolute Gasteiger partial charge is 0.261 e. The van der Waals surface area contributed by atoms with Gasteiger partial charge in [0.25, 0.3) is 10.0 Å². The Labute approximate surface area is 150 Å². The molecule has 0 fully saturated rings. The first-order valence-electron chi connectivity index (χ1n) is 7.33. The van der Waals surface area contributed by atoms with E-state index in [4.69, 9.17) is 11.6 Å². The molecule has 3 aromatic carbocycles. The van der Waals surface area contributed by atoms with E-state index in [2.05, 4.69) is 10.0 Å². The van der Waals surface area contributed by atoms with E-state index < -0.39 is 15.8 Å². The van der Waals surface area contributed by atoms with E-state index in [0.29, 0.717) is 10.7 Å². The van der Waals surface area contributed by atoms with Crippen LogP contribution < -0.4 is 10.0 Å². The summed E-state index contributed by atoms with van der Waals surface area (Å²) in [5, 5.41) is 3.79. The number of nitrogens with one attached hydrogen (secondary N) is 2. The lowest BCUT2D eigenvalue weighted by molar-refractivity contribution is 0.599. The lowest BCUT2D eigenvalue weighted by Gasteiger charge is -2.10. The van der Waals surface area contributed by atoms with Gasteiger partial charge >= 0.3 is 0 Å². The Bertz CT molecular complexity index is 975. The predicted molar refractivity (Wildman–Crippen MR) is 98.4 cm³/mol. The fourth-order valence-corrected chi connectivity index (χ4v) is 3.43. The van der Waals surface area contributed by atoms with Crippen molar-refractivity contribution in [1.29, 1.82) is 0 Å². The summed E-state index contributed by atoms with van der Waals surface area (Å²) in [5.74, 6) is -0.490. The van der Waals surface area contributed by atoms with Crippen molar-refractivity contribution in [3.05, 3.63) is 83.6 Å². The molecule has 128 valence electrons. The van der Waals surface area contributed by atoms with Crippen LogP contribution in [0.1, 0.15) is 0 Å². The molecule has 0 unspecified atom stereocenters. The molecule has 0 saturated carbocycles. The summed E-state index contributed by atoms with van der Waals surface area (Å²) >= 11 is 5.94. The van der Waals surface area contributed by atoms with Gasteiger partial charge in [0.1, 0.15) is 5.82 Å². The summed E-state index contributed by atoms with van der Waals surface area (Å²) in [6, 6.07) is 18.6. The molecule has 0 atom stereocenters. The Morgan fingerprint density at radius 1 is 0.800 bits per heavy atom. The normalized spacial score (nSPS) is 11.1. The van der Waals surface area contributed by atoms with Crippen LogP contribution in [0.25, 0.3) is 0 Å². The Morgan fingerprint density at radius 2 is 1.44 bits per heavy atom. The fraction of sp³-hybridized carbons (Fsp3) is 0. The Morgan fingerprint density at radius 3 is 2.08 bits per heavy atom. The minimum absolute atomic E-state index is 0.00460. The molecule has 0 aliphatic heterocycles. The summed E-state index contributed by atoms with van der Waals surface area (Å²) in [5.41, 5.74) is 2.01. The quantitative estimate of drug-likeness (QED) is 0.657. The number of hydrogen-bond donors (Lipinski definition) is 2. The molecule has 0 aromatic heterocycles. The van der Waals surface area contributed by atoms with Crippen molar-refractivity contribution >= 4 is 38.7 Å². The zero-order valence-corrected chi connectivity index (χ0v) is 14.5. The van der Waals surface area contributed by atoms with Gasteiger partial charge in [0.2, 0.25) is 0 Å². The number of benzene rings is 3. The van der Waals surface area contributed by atoms with Gasteiger partial charge in [0.15, 0.2) is 0 Å².